The van der Waals surface area contributed by atoms with Gasteiger partial charge in [-0.1, -0.05) is 7.43 Å². The summed E-state index contributed by atoms with van der Waals surface area (Å²) < 4.78 is 64.0. The first kappa shape index (κ1) is 31.8. The van der Waals surface area contributed by atoms with Crippen LogP contribution in [0.4, 0.5) is 22.0 Å². The Kier molecular flexibility index (Phi) is 35.9. The van der Waals surface area contributed by atoms with Gasteiger partial charge in [-0.05, 0) is 0 Å². The second kappa shape index (κ2) is 23.7. The number of carbonyl (C=O) groups is 2. The summed E-state index contributed by atoms with van der Waals surface area (Å²) in [5.74, 6) is -2.66. The van der Waals surface area contributed by atoms with Crippen molar-refractivity contribution in [1.82, 2.24) is 0 Å². The molecule has 0 saturated carbocycles. The number of hydrogen-bond donors (Lipinski definition) is 1. The zero-order valence-electron chi connectivity index (χ0n) is 10.8. The predicted octanol–water partition coefficient (Wildman–Crippen LogP) is 1.09. The van der Waals surface area contributed by atoms with Crippen LogP contribution in [0.25, 0.3) is 0 Å². The molecule has 1 N–H and O–H groups in total. The summed E-state index contributed by atoms with van der Waals surface area (Å²) in [5, 5.41) is 7.00. The highest BCUT2D eigenvalue weighted by molar-refractivity contribution is 5.75. The number of rotatable bonds is 5. The fourth-order valence-corrected chi connectivity index (χ4v) is 0.398. The van der Waals surface area contributed by atoms with Crippen molar-refractivity contribution in [3.05, 3.63) is 0 Å². The molecular formula is C10H19BF5O5. The van der Waals surface area contributed by atoms with Crippen LogP contribution in [0.3, 0.4) is 0 Å². The van der Waals surface area contributed by atoms with Crippen molar-refractivity contribution >= 4 is 20.4 Å². The van der Waals surface area contributed by atoms with Crippen LogP contribution in [-0.4, -0.2) is 72.2 Å². The van der Waals surface area contributed by atoms with Gasteiger partial charge in [0.2, 0.25) is 19.2 Å². The highest BCUT2D eigenvalue weighted by Crippen LogP contribution is 1.95. The van der Waals surface area contributed by atoms with Gasteiger partial charge in [-0.15, -0.1) is 0 Å². The van der Waals surface area contributed by atoms with Crippen LogP contribution < -0.4 is 0 Å². The standard InChI is InChI=1S/C4H5F3O2.C4H6F2O2.CH4O.CH4.B/c5-1-3(7)4(8)9-2-6;1-8-4(7)3(6)2-5;1-2;;/h3H,1-2H2;3H,2H2,1H3;2H,1H3;1H4;. The van der Waals surface area contributed by atoms with Gasteiger partial charge in [0.1, 0.15) is 13.3 Å². The number of ether oxygens (including phenoxy) is 2. The highest BCUT2D eigenvalue weighted by Gasteiger charge is 2.17. The van der Waals surface area contributed by atoms with Gasteiger partial charge in [0.05, 0.1) is 7.11 Å². The zero-order chi connectivity index (χ0) is 15.8. The minimum absolute atomic E-state index is 0. The van der Waals surface area contributed by atoms with Gasteiger partial charge in [0, 0.05) is 15.5 Å². The Balaban J connectivity index is -0.0000000671. The van der Waals surface area contributed by atoms with E-state index in [0.717, 1.165) is 14.2 Å². The number of aliphatic hydroxyl groups excluding tert-OH is 1. The second-order valence-corrected chi connectivity index (χ2v) is 2.34. The molecule has 21 heavy (non-hydrogen) atoms. The maximum Gasteiger partial charge on any atom is 0.345 e. The minimum atomic E-state index is -2.35. The third-order valence-electron chi connectivity index (χ3n) is 1.18. The minimum Gasteiger partial charge on any atom is -0.467 e. The third-order valence-corrected chi connectivity index (χ3v) is 1.18. The SMILES string of the molecule is C.CO.COC(=O)C(F)CF.O=C(OCF)C(F)CF.[B]. The van der Waals surface area contributed by atoms with Crippen molar-refractivity contribution in [3.63, 3.8) is 0 Å². The smallest absolute Gasteiger partial charge is 0.345 e. The van der Waals surface area contributed by atoms with Crippen molar-refractivity contribution in [2.45, 2.75) is 19.8 Å². The van der Waals surface area contributed by atoms with E-state index in [1.54, 1.807) is 0 Å². The molecule has 2 atom stereocenters. The van der Waals surface area contributed by atoms with Gasteiger partial charge in [-0.2, -0.15) is 0 Å². The molecule has 0 heterocycles. The molecule has 0 spiro atoms. The Labute approximate surface area is 122 Å². The quantitative estimate of drug-likeness (QED) is 0.465. The number of methoxy groups -OCH3 is 1. The van der Waals surface area contributed by atoms with Crippen LogP contribution >= 0.6 is 0 Å². The van der Waals surface area contributed by atoms with E-state index >= 15 is 0 Å². The lowest BCUT2D eigenvalue weighted by Gasteiger charge is -1.99. The Bertz CT molecular complexity index is 236. The molecule has 5 nitrogen and oxygen atoms in total. The number of hydrogen-bond acceptors (Lipinski definition) is 5. The molecule has 0 saturated heterocycles. The number of esters is 2. The largest absolute Gasteiger partial charge is 0.467 e. The van der Waals surface area contributed by atoms with Crippen LogP contribution in [0.15, 0.2) is 0 Å². The third kappa shape index (κ3) is 21.1. The lowest BCUT2D eigenvalue weighted by molar-refractivity contribution is -0.154. The van der Waals surface area contributed by atoms with Crippen LogP contribution in [0, 0.1) is 0 Å². The molecule has 0 aliphatic carbocycles. The molecule has 2 unspecified atom stereocenters. The van der Waals surface area contributed by atoms with E-state index in [-0.39, 0.29) is 15.8 Å². The Hall–Kier alpha value is -1.39. The van der Waals surface area contributed by atoms with Crippen LogP contribution in [0.2, 0.25) is 0 Å². The summed E-state index contributed by atoms with van der Waals surface area (Å²) in [6.45, 7) is -4.20. The molecule has 0 aromatic heterocycles. The van der Waals surface area contributed by atoms with E-state index in [4.69, 9.17) is 5.11 Å². The van der Waals surface area contributed by atoms with Crippen molar-refractivity contribution in [2.75, 3.05) is 34.4 Å². The van der Waals surface area contributed by atoms with Gasteiger partial charge < -0.3 is 14.6 Å². The molecule has 0 amide bonds. The van der Waals surface area contributed by atoms with Crippen molar-refractivity contribution in [3.8, 4) is 0 Å². The number of alkyl halides is 5. The molecule has 0 aromatic carbocycles. The first-order chi connectivity index (χ1) is 8.94. The monoisotopic (exact) mass is 325 g/mol. The van der Waals surface area contributed by atoms with E-state index in [1.165, 1.54) is 0 Å². The molecule has 127 valence electrons. The van der Waals surface area contributed by atoms with E-state index < -0.39 is 44.5 Å². The average Bonchev–Trinajstić information content (AvgIpc) is 2.47. The van der Waals surface area contributed by atoms with E-state index in [9.17, 15) is 31.5 Å². The van der Waals surface area contributed by atoms with Crippen LogP contribution in [0.1, 0.15) is 7.43 Å². The summed E-state index contributed by atoms with van der Waals surface area (Å²) >= 11 is 0. The van der Waals surface area contributed by atoms with Gasteiger partial charge in [0.25, 0.3) is 0 Å². The first-order valence-corrected chi connectivity index (χ1v) is 4.59. The van der Waals surface area contributed by atoms with Crippen molar-refractivity contribution in [1.29, 1.82) is 0 Å². The molecular weight excluding hydrogens is 306 g/mol. The molecule has 0 aromatic rings. The van der Waals surface area contributed by atoms with Crippen LogP contribution in [0.5, 0.6) is 0 Å². The predicted molar refractivity (Wildman–Crippen MR) is 66.5 cm³/mol. The Morgan fingerprint density at radius 2 is 1.33 bits per heavy atom. The molecule has 0 bridgehead atoms. The topological polar surface area (TPSA) is 72.8 Å². The second-order valence-electron chi connectivity index (χ2n) is 2.34. The molecule has 0 fully saturated rings. The maximum atomic E-state index is 11.7. The van der Waals surface area contributed by atoms with E-state index in [2.05, 4.69) is 9.47 Å². The van der Waals surface area contributed by atoms with Gasteiger partial charge in [-0.25, -0.2) is 31.5 Å². The van der Waals surface area contributed by atoms with Crippen molar-refractivity contribution in [2.24, 2.45) is 0 Å². The molecule has 0 aliphatic heterocycles. The molecule has 11 heteroatoms. The molecule has 0 rings (SSSR count). The fourth-order valence-electron chi connectivity index (χ4n) is 0.398. The Morgan fingerprint density at radius 1 is 1.00 bits per heavy atom. The van der Waals surface area contributed by atoms with Crippen molar-refractivity contribution < 1.29 is 46.1 Å². The average molecular weight is 325 g/mol. The van der Waals surface area contributed by atoms with Gasteiger partial charge in [-0.3, -0.25) is 0 Å². The lowest BCUT2D eigenvalue weighted by Crippen LogP contribution is -2.20. The van der Waals surface area contributed by atoms with Gasteiger partial charge in [0.15, 0.2) is 0 Å². The summed E-state index contributed by atoms with van der Waals surface area (Å²) in [6, 6.07) is 0. The fraction of sp³-hybridized carbons (Fsp3) is 0.800. The molecule has 0 aliphatic rings. The van der Waals surface area contributed by atoms with E-state index in [1.807, 2.05) is 0 Å². The summed E-state index contributed by atoms with van der Waals surface area (Å²) in [6.07, 6.45) is -4.46. The number of carbonyl (C=O) groups excluding carboxylic acids is 2. The van der Waals surface area contributed by atoms with Crippen LogP contribution in [-0.2, 0) is 19.1 Å². The zero-order valence-corrected chi connectivity index (χ0v) is 10.8. The maximum absolute atomic E-state index is 11.7. The molecule has 3 radical (unpaired) electrons. The Morgan fingerprint density at radius 3 is 1.52 bits per heavy atom. The lowest BCUT2D eigenvalue weighted by atomic mass is 10.4. The number of aliphatic hydroxyl groups is 1. The van der Waals surface area contributed by atoms with E-state index in [0.29, 0.717) is 0 Å². The first-order valence-electron chi connectivity index (χ1n) is 4.59. The summed E-state index contributed by atoms with van der Waals surface area (Å²) in [5.41, 5.74) is 0. The number of halogens is 5. The van der Waals surface area contributed by atoms with Gasteiger partial charge >= 0.3 is 11.9 Å². The highest BCUT2D eigenvalue weighted by atomic mass is 19.2. The summed E-state index contributed by atoms with van der Waals surface area (Å²) in [4.78, 5) is 19.8. The normalized spacial score (nSPS) is 10.7. The summed E-state index contributed by atoms with van der Waals surface area (Å²) in [7, 11) is 2.00.